The van der Waals surface area contributed by atoms with Crippen LogP contribution in [0, 0.1) is 11.8 Å². The van der Waals surface area contributed by atoms with Crippen molar-refractivity contribution in [1.29, 1.82) is 0 Å². The Bertz CT molecular complexity index is 622. The van der Waals surface area contributed by atoms with Crippen molar-refractivity contribution in [3.63, 3.8) is 0 Å². The molecule has 1 aliphatic carbocycles. The lowest BCUT2D eigenvalue weighted by Crippen LogP contribution is -2.53. The minimum atomic E-state index is -3.77. The van der Waals surface area contributed by atoms with Crippen LogP contribution in [0.3, 0.4) is 0 Å². The summed E-state index contributed by atoms with van der Waals surface area (Å²) < 4.78 is 38.0. The van der Waals surface area contributed by atoms with E-state index in [4.69, 9.17) is 11.6 Å². The summed E-state index contributed by atoms with van der Waals surface area (Å²) >= 11 is 7.39. The average molecular weight is 430 g/mol. The van der Waals surface area contributed by atoms with E-state index in [0.29, 0.717) is 25.1 Å². The zero-order chi connectivity index (χ0) is 18.9. The molecular formula is C14H25ClFN5O3S2. The topological polar surface area (TPSA) is 103 Å². The van der Waals surface area contributed by atoms with Crippen molar-refractivity contribution in [2.75, 3.05) is 32.6 Å². The van der Waals surface area contributed by atoms with E-state index < -0.39 is 38.1 Å². The Labute approximate surface area is 162 Å². The Morgan fingerprint density at radius 3 is 2.73 bits per heavy atom. The molecule has 2 saturated heterocycles. The summed E-state index contributed by atoms with van der Waals surface area (Å²) in [6.07, 6.45) is -0.678. The molecule has 0 bridgehead atoms. The highest BCUT2D eigenvalue weighted by Crippen LogP contribution is 2.37. The van der Waals surface area contributed by atoms with Crippen LogP contribution in [-0.2, 0) is 14.8 Å². The summed E-state index contributed by atoms with van der Waals surface area (Å²) in [5.41, 5.74) is 2.18. The quantitative estimate of drug-likeness (QED) is 0.341. The number of sulfonamides is 1. The summed E-state index contributed by atoms with van der Waals surface area (Å²) in [5.74, 6) is -0.914. The fourth-order valence-electron chi connectivity index (χ4n) is 3.73. The molecule has 2 heterocycles. The van der Waals surface area contributed by atoms with E-state index in [1.807, 2.05) is 7.05 Å². The molecule has 3 fully saturated rings. The van der Waals surface area contributed by atoms with E-state index in [-0.39, 0.29) is 12.0 Å². The van der Waals surface area contributed by atoms with Crippen LogP contribution in [0.15, 0.2) is 0 Å². The molecule has 0 radical (unpaired) electrons. The number of halogens is 2. The number of rotatable bonds is 5. The molecule has 4 N–H and O–H groups in total. The molecule has 26 heavy (non-hydrogen) atoms. The van der Waals surface area contributed by atoms with E-state index in [2.05, 4.69) is 25.8 Å². The second kappa shape index (κ2) is 8.46. The van der Waals surface area contributed by atoms with Crippen molar-refractivity contribution >= 4 is 39.3 Å². The standard InChI is InChI=1S/C14H25ClFN5O3S2/c1-21-6-11(18-7-21)8-4-9(12(16)10(15)5-8)13(22)19-20-26(23,24)14-17-2-3-25-14/h8-12,14,17-18,20H,2-7H2,1H3,(H,19,22). The van der Waals surface area contributed by atoms with Crippen LogP contribution in [0.1, 0.15) is 12.8 Å². The molecule has 8 nitrogen and oxygen atoms in total. The lowest BCUT2D eigenvalue weighted by Gasteiger charge is -2.37. The van der Waals surface area contributed by atoms with Crippen molar-refractivity contribution in [3.05, 3.63) is 0 Å². The highest BCUT2D eigenvalue weighted by molar-refractivity contribution is 8.12. The smallest absolute Gasteiger partial charge is 0.254 e. The number of hydrogen-bond donors (Lipinski definition) is 4. The van der Waals surface area contributed by atoms with Gasteiger partial charge in [-0.1, -0.05) is 0 Å². The highest BCUT2D eigenvalue weighted by Gasteiger charge is 2.44. The van der Waals surface area contributed by atoms with E-state index in [1.165, 1.54) is 11.8 Å². The number of hydrazine groups is 1. The largest absolute Gasteiger partial charge is 0.300 e. The van der Waals surface area contributed by atoms with Gasteiger partial charge in [-0.3, -0.25) is 25.8 Å². The van der Waals surface area contributed by atoms with E-state index in [9.17, 15) is 17.6 Å². The monoisotopic (exact) mass is 429 g/mol. The summed E-state index contributed by atoms with van der Waals surface area (Å²) in [7, 11) is -1.78. The molecule has 2 aliphatic heterocycles. The molecule has 0 aromatic carbocycles. The maximum absolute atomic E-state index is 14.5. The van der Waals surface area contributed by atoms with Gasteiger partial charge < -0.3 is 0 Å². The number of nitrogens with zero attached hydrogens (tertiary/aromatic N) is 1. The zero-order valence-electron chi connectivity index (χ0n) is 14.5. The molecule has 6 unspecified atom stereocenters. The van der Waals surface area contributed by atoms with Gasteiger partial charge in [0.05, 0.1) is 11.3 Å². The van der Waals surface area contributed by atoms with Gasteiger partial charge in [-0.25, -0.2) is 12.8 Å². The van der Waals surface area contributed by atoms with Crippen molar-refractivity contribution < 1.29 is 17.6 Å². The fraction of sp³-hybridized carbons (Fsp3) is 0.929. The van der Waals surface area contributed by atoms with Crippen molar-refractivity contribution in [1.82, 2.24) is 25.8 Å². The van der Waals surface area contributed by atoms with Gasteiger partial charge in [0.25, 0.3) is 10.0 Å². The SMILES string of the molecule is CN1CNC(C2CC(Cl)C(F)C(C(=O)NNS(=O)(=O)C3NCCS3)C2)C1. The van der Waals surface area contributed by atoms with E-state index in [1.54, 1.807) is 0 Å². The predicted octanol–water partition coefficient (Wildman–Crippen LogP) is -0.610. The maximum Gasteiger partial charge on any atom is 0.254 e. The van der Waals surface area contributed by atoms with Crippen molar-refractivity contribution in [2.45, 2.75) is 35.1 Å². The van der Waals surface area contributed by atoms with Crippen molar-refractivity contribution in [3.8, 4) is 0 Å². The maximum atomic E-state index is 14.5. The number of carbonyl (C=O) groups excluding carboxylic acids is 1. The zero-order valence-corrected chi connectivity index (χ0v) is 16.8. The minimum absolute atomic E-state index is 0.0638. The predicted molar refractivity (Wildman–Crippen MR) is 99.6 cm³/mol. The molecule has 3 aliphatic rings. The number of carbonyl (C=O) groups is 1. The molecule has 150 valence electrons. The number of amides is 1. The van der Waals surface area contributed by atoms with Crippen molar-refractivity contribution in [2.24, 2.45) is 11.8 Å². The van der Waals surface area contributed by atoms with Gasteiger partial charge in [0.2, 0.25) is 5.91 Å². The molecule has 12 heteroatoms. The second-order valence-corrected chi connectivity index (χ2v) is 10.9. The Hall–Kier alpha value is -0.170. The van der Waals surface area contributed by atoms with Crippen LogP contribution in [0.4, 0.5) is 4.39 Å². The van der Waals surface area contributed by atoms with Crippen LogP contribution in [0.2, 0.25) is 0 Å². The first-order valence-corrected chi connectivity index (χ1v) is 11.7. The lowest BCUT2D eigenvalue weighted by atomic mass is 9.76. The second-order valence-electron chi connectivity index (χ2n) is 7.10. The Morgan fingerprint density at radius 2 is 2.12 bits per heavy atom. The van der Waals surface area contributed by atoms with Crippen LogP contribution in [0.5, 0.6) is 0 Å². The number of alkyl halides is 2. The first-order valence-electron chi connectivity index (χ1n) is 8.63. The number of likely N-dealkylation sites (N-methyl/N-ethyl adjacent to an activating group) is 1. The molecule has 3 rings (SSSR count). The van der Waals surface area contributed by atoms with E-state index >= 15 is 0 Å². The number of hydrogen-bond acceptors (Lipinski definition) is 7. The van der Waals surface area contributed by atoms with Gasteiger partial charge >= 0.3 is 0 Å². The molecule has 1 saturated carbocycles. The molecule has 1 amide bonds. The average Bonchev–Trinajstić information content (AvgIpc) is 3.27. The van der Waals surface area contributed by atoms with Crippen LogP contribution in [0.25, 0.3) is 0 Å². The Morgan fingerprint density at radius 1 is 1.35 bits per heavy atom. The van der Waals surface area contributed by atoms with E-state index in [0.717, 1.165) is 13.2 Å². The van der Waals surface area contributed by atoms with Crippen LogP contribution >= 0.6 is 23.4 Å². The third kappa shape index (κ3) is 4.62. The summed E-state index contributed by atoms with van der Waals surface area (Å²) in [6.45, 7) is 2.14. The summed E-state index contributed by atoms with van der Waals surface area (Å²) in [6, 6.07) is 0.153. The van der Waals surface area contributed by atoms with Crippen LogP contribution in [-0.4, -0.2) is 74.1 Å². The van der Waals surface area contributed by atoms with Gasteiger partial charge in [0.1, 0.15) is 6.17 Å². The highest BCUT2D eigenvalue weighted by atomic mass is 35.5. The third-order valence-electron chi connectivity index (χ3n) is 5.13. The van der Waals surface area contributed by atoms with Gasteiger partial charge in [0, 0.05) is 31.6 Å². The number of nitrogens with one attached hydrogen (secondary N) is 4. The number of thioether (sulfide) groups is 1. The van der Waals surface area contributed by atoms with Gasteiger partial charge in [0.15, 0.2) is 4.71 Å². The third-order valence-corrected chi connectivity index (χ3v) is 8.75. The summed E-state index contributed by atoms with van der Waals surface area (Å²) in [5, 5.41) is 5.41. The first-order chi connectivity index (χ1) is 12.3. The van der Waals surface area contributed by atoms with Gasteiger partial charge in [-0.15, -0.1) is 28.2 Å². The fourth-order valence-corrected chi connectivity index (χ4v) is 6.65. The molecule has 0 aromatic heterocycles. The van der Waals surface area contributed by atoms with Gasteiger partial charge in [-0.05, 0) is 25.8 Å². The first kappa shape index (κ1) is 20.6. The molecule has 0 aromatic rings. The normalized spacial score (nSPS) is 39.2. The lowest BCUT2D eigenvalue weighted by molar-refractivity contribution is -0.129. The minimum Gasteiger partial charge on any atom is -0.300 e. The summed E-state index contributed by atoms with van der Waals surface area (Å²) in [4.78, 5) is 16.6. The van der Waals surface area contributed by atoms with Crippen LogP contribution < -0.4 is 20.9 Å². The Balaban J connectivity index is 1.59. The van der Waals surface area contributed by atoms with Gasteiger partial charge in [-0.2, -0.15) is 0 Å². The molecular weight excluding hydrogens is 405 g/mol. The molecule has 6 atom stereocenters. The Kier molecular flexibility index (Phi) is 6.69. The molecule has 0 spiro atoms.